The van der Waals surface area contributed by atoms with Crippen molar-refractivity contribution < 1.29 is 19.1 Å². The lowest BCUT2D eigenvalue weighted by atomic mass is 9.84. The number of hydrogen-bond donors (Lipinski definition) is 1. The molecule has 2 aliphatic rings. The molecule has 154 valence electrons. The summed E-state index contributed by atoms with van der Waals surface area (Å²) in [7, 11) is 0. The van der Waals surface area contributed by atoms with Crippen molar-refractivity contribution in [1.29, 1.82) is 0 Å². The van der Waals surface area contributed by atoms with Gasteiger partial charge in [0.25, 0.3) is 0 Å². The molecule has 1 aliphatic heterocycles. The lowest BCUT2D eigenvalue weighted by Gasteiger charge is -2.33. The summed E-state index contributed by atoms with van der Waals surface area (Å²) in [6, 6.07) is 5.35. The van der Waals surface area contributed by atoms with Crippen molar-refractivity contribution in [2.24, 2.45) is 5.92 Å². The largest absolute Gasteiger partial charge is 0.480 e. The minimum Gasteiger partial charge on any atom is -0.480 e. The van der Waals surface area contributed by atoms with Crippen molar-refractivity contribution in [1.82, 2.24) is 14.7 Å². The van der Waals surface area contributed by atoms with Gasteiger partial charge in [0.1, 0.15) is 11.9 Å². The number of aliphatic carboxylic acids is 1. The Morgan fingerprint density at radius 3 is 2.55 bits per heavy atom. The number of benzene rings is 1. The fourth-order valence-electron chi connectivity index (χ4n) is 5.05. The van der Waals surface area contributed by atoms with Crippen LogP contribution in [0.5, 0.6) is 0 Å². The Kier molecular flexibility index (Phi) is 5.15. The standard InChI is InChI=1S/C22H26FN3O3/c1-13-18(14(2)26(24-13)17-9-7-16(23)8-10-17)12-21(27)25-19-6-4-3-5-15(19)11-20(25)22(28)29/h7-10,15,19-20H,3-6,11-12H2,1-2H3,(H,28,29). The molecule has 0 bridgehead atoms. The highest BCUT2D eigenvalue weighted by Crippen LogP contribution is 2.40. The number of carboxylic acid groups (broad SMARTS) is 1. The molecule has 1 saturated heterocycles. The molecule has 2 fully saturated rings. The molecule has 0 radical (unpaired) electrons. The van der Waals surface area contributed by atoms with Crippen molar-refractivity contribution in [3.8, 4) is 5.69 Å². The number of nitrogens with zero attached hydrogens (tertiary/aromatic N) is 3. The minimum atomic E-state index is -0.914. The fraction of sp³-hybridized carbons (Fsp3) is 0.500. The van der Waals surface area contributed by atoms with Gasteiger partial charge in [0.15, 0.2) is 0 Å². The average Bonchev–Trinajstić information content (AvgIpc) is 3.22. The number of halogens is 1. The van der Waals surface area contributed by atoms with Gasteiger partial charge >= 0.3 is 5.97 Å². The number of hydrogen-bond acceptors (Lipinski definition) is 3. The van der Waals surface area contributed by atoms with Gasteiger partial charge in [-0.25, -0.2) is 13.9 Å². The van der Waals surface area contributed by atoms with Gasteiger partial charge in [-0.3, -0.25) is 4.79 Å². The number of carbonyl (C=O) groups excluding carboxylic acids is 1. The molecule has 29 heavy (non-hydrogen) atoms. The molecule has 6 nitrogen and oxygen atoms in total. The molecule has 1 aromatic carbocycles. The lowest BCUT2D eigenvalue weighted by molar-refractivity contribution is -0.149. The summed E-state index contributed by atoms with van der Waals surface area (Å²) in [6.45, 7) is 3.73. The topological polar surface area (TPSA) is 75.4 Å². The van der Waals surface area contributed by atoms with Crippen LogP contribution in [0.25, 0.3) is 5.69 Å². The van der Waals surface area contributed by atoms with E-state index >= 15 is 0 Å². The summed E-state index contributed by atoms with van der Waals surface area (Å²) in [4.78, 5) is 26.7. The summed E-state index contributed by atoms with van der Waals surface area (Å²) < 4.78 is 14.9. The molecular weight excluding hydrogens is 373 g/mol. The first-order valence-electron chi connectivity index (χ1n) is 10.2. The Bertz CT molecular complexity index is 938. The number of fused-ring (bicyclic) bond motifs is 1. The van der Waals surface area contributed by atoms with Crippen LogP contribution < -0.4 is 0 Å². The molecule has 2 aromatic rings. The zero-order valence-electron chi connectivity index (χ0n) is 16.8. The van der Waals surface area contributed by atoms with Crippen molar-refractivity contribution in [3.05, 3.63) is 47.0 Å². The summed E-state index contributed by atoms with van der Waals surface area (Å²) in [6.07, 6.45) is 4.71. The summed E-state index contributed by atoms with van der Waals surface area (Å²) in [5, 5.41) is 14.2. The summed E-state index contributed by atoms with van der Waals surface area (Å²) in [5.74, 6) is -1.08. The van der Waals surface area contributed by atoms with Gasteiger partial charge in [0.2, 0.25) is 5.91 Å². The molecule has 1 N–H and O–H groups in total. The van der Waals surface area contributed by atoms with E-state index in [1.165, 1.54) is 12.1 Å². The summed E-state index contributed by atoms with van der Waals surface area (Å²) in [5.41, 5.74) is 3.07. The normalized spacial score (nSPS) is 23.8. The van der Waals surface area contributed by atoms with E-state index in [4.69, 9.17) is 0 Å². The van der Waals surface area contributed by atoms with Crippen LogP contribution in [0.4, 0.5) is 4.39 Å². The third-order valence-electron chi connectivity index (χ3n) is 6.50. The number of carbonyl (C=O) groups is 2. The van der Waals surface area contributed by atoms with Crippen molar-refractivity contribution in [2.75, 3.05) is 0 Å². The van der Waals surface area contributed by atoms with Crippen LogP contribution in [0.3, 0.4) is 0 Å². The van der Waals surface area contributed by atoms with E-state index in [2.05, 4.69) is 5.10 Å². The predicted molar refractivity (Wildman–Crippen MR) is 105 cm³/mol. The van der Waals surface area contributed by atoms with Gasteiger partial charge in [0, 0.05) is 17.3 Å². The second-order valence-corrected chi connectivity index (χ2v) is 8.22. The smallest absolute Gasteiger partial charge is 0.326 e. The number of amides is 1. The third kappa shape index (κ3) is 3.54. The minimum absolute atomic E-state index is 0.0325. The van der Waals surface area contributed by atoms with Gasteiger partial charge in [-0.05, 0) is 63.3 Å². The zero-order valence-corrected chi connectivity index (χ0v) is 16.8. The molecule has 3 unspecified atom stereocenters. The van der Waals surface area contributed by atoms with Gasteiger partial charge in [-0.2, -0.15) is 5.10 Å². The zero-order chi connectivity index (χ0) is 20.7. The Morgan fingerprint density at radius 2 is 1.86 bits per heavy atom. The van der Waals surface area contributed by atoms with Crippen LogP contribution in [0, 0.1) is 25.6 Å². The molecule has 1 amide bonds. The summed E-state index contributed by atoms with van der Waals surface area (Å²) >= 11 is 0. The molecule has 3 atom stereocenters. The molecule has 1 aliphatic carbocycles. The van der Waals surface area contributed by atoms with Crippen LogP contribution in [-0.4, -0.2) is 43.7 Å². The Labute approximate surface area is 169 Å². The third-order valence-corrected chi connectivity index (χ3v) is 6.50. The van der Waals surface area contributed by atoms with Crippen molar-refractivity contribution >= 4 is 11.9 Å². The first kappa shape index (κ1) is 19.6. The van der Waals surface area contributed by atoms with Crippen LogP contribution in [0.15, 0.2) is 24.3 Å². The van der Waals surface area contributed by atoms with E-state index in [0.717, 1.165) is 48.3 Å². The SMILES string of the molecule is Cc1nn(-c2ccc(F)cc2)c(C)c1CC(=O)N1C(C(=O)O)CC2CCCCC21. The van der Waals surface area contributed by atoms with Crippen molar-refractivity contribution in [2.45, 2.75) is 64.5 Å². The van der Waals surface area contributed by atoms with Gasteiger partial charge < -0.3 is 10.0 Å². The highest BCUT2D eigenvalue weighted by molar-refractivity contribution is 5.86. The van der Waals surface area contributed by atoms with E-state index in [-0.39, 0.29) is 30.1 Å². The fourth-order valence-corrected chi connectivity index (χ4v) is 5.05. The molecule has 1 saturated carbocycles. The molecule has 4 rings (SSSR count). The maximum Gasteiger partial charge on any atom is 0.326 e. The number of carboxylic acids is 1. The first-order valence-corrected chi connectivity index (χ1v) is 10.2. The van der Waals surface area contributed by atoms with Crippen LogP contribution in [-0.2, 0) is 16.0 Å². The highest BCUT2D eigenvalue weighted by atomic mass is 19.1. The first-order chi connectivity index (χ1) is 13.9. The van der Waals surface area contributed by atoms with Gasteiger partial charge in [-0.1, -0.05) is 12.8 Å². The average molecular weight is 399 g/mol. The van der Waals surface area contributed by atoms with Crippen LogP contribution in [0.1, 0.15) is 49.1 Å². The number of rotatable bonds is 4. The Balaban J connectivity index is 1.61. The second-order valence-electron chi connectivity index (χ2n) is 8.22. The lowest BCUT2D eigenvalue weighted by Crippen LogP contribution is -2.47. The van der Waals surface area contributed by atoms with E-state index in [1.807, 2.05) is 13.8 Å². The number of likely N-dealkylation sites (tertiary alicyclic amines) is 1. The Hall–Kier alpha value is -2.70. The highest BCUT2D eigenvalue weighted by Gasteiger charge is 2.47. The molecule has 7 heteroatoms. The molecule has 2 heterocycles. The molecule has 0 spiro atoms. The number of aromatic nitrogens is 2. The van der Waals surface area contributed by atoms with Crippen LogP contribution in [0.2, 0.25) is 0 Å². The maximum atomic E-state index is 13.3. The number of aryl methyl sites for hydroxylation is 1. The Morgan fingerprint density at radius 1 is 1.17 bits per heavy atom. The van der Waals surface area contributed by atoms with Crippen molar-refractivity contribution in [3.63, 3.8) is 0 Å². The maximum absolute atomic E-state index is 13.3. The predicted octanol–water partition coefficient (Wildman–Crippen LogP) is 3.42. The van der Waals surface area contributed by atoms with E-state index in [1.54, 1.807) is 21.7 Å². The van der Waals surface area contributed by atoms with E-state index < -0.39 is 12.0 Å². The van der Waals surface area contributed by atoms with Gasteiger partial charge in [0.05, 0.1) is 17.8 Å². The van der Waals surface area contributed by atoms with E-state index in [0.29, 0.717) is 6.42 Å². The van der Waals surface area contributed by atoms with Gasteiger partial charge in [-0.15, -0.1) is 0 Å². The van der Waals surface area contributed by atoms with Crippen LogP contribution >= 0.6 is 0 Å². The second kappa shape index (κ2) is 7.61. The molecular formula is C22H26FN3O3. The molecule has 1 aromatic heterocycles. The van der Waals surface area contributed by atoms with E-state index in [9.17, 15) is 19.1 Å². The quantitative estimate of drug-likeness (QED) is 0.855. The monoisotopic (exact) mass is 399 g/mol.